The second-order valence-corrected chi connectivity index (χ2v) is 7.75. The van der Waals surface area contributed by atoms with Gasteiger partial charge < -0.3 is 14.8 Å². The fraction of sp³-hybridized carbons (Fsp3) is 0.136. The normalized spacial score (nSPS) is 14.4. The van der Waals surface area contributed by atoms with Crippen LogP contribution >= 0.6 is 23.4 Å². The number of ether oxygens (including phenoxy) is 2. The molecule has 2 aromatic carbocycles. The number of nitrogens with one attached hydrogen (secondary N) is 1. The molecule has 0 atom stereocenters. The van der Waals surface area contributed by atoms with Gasteiger partial charge in [0.1, 0.15) is 19.0 Å². The Kier molecular flexibility index (Phi) is 7.41. The summed E-state index contributed by atoms with van der Waals surface area (Å²) in [5, 5.41) is 1.72. The number of carbonyl (C=O) groups excluding carboxylic acids is 3. The Hall–Kier alpha value is -3.48. The molecule has 2 aromatic rings. The van der Waals surface area contributed by atoms with Crippen LogP contribution in [0.3, 0.4) is 0 Å². The highest BCUT2D eigenvalue weighted by Gasteiger charge is 2.36. The van der Waals surface area contributed by atoms with E-state index in [1.807, 2.05) is 0 Å². The summed E-state index contributed by atoms with van der Waals surface area (Å²) in [7, 11) is 1.46. The van der Waals surface area contributed by atoms with Gasteiger partial charge in [0.15, 0.2) is 11.5 Å². The second kappa shape index (κ2) is 10.2. The number of benzene rings is 2. The Bertz CT molecular complexity index is 1160. The third-order valence-electron chi connectivity index (χ3n) is 4.18. The van der Waals surface area contributed by atoms with Gasteiger partial charge >= 0.3 is 0 Å². The highest BCUT2D eigenvalue weighted by atomic mass is 35.5. The van der Waals surface area contributed by atoms with Crippen molar-refractivity contribution in [2.75, 3.05) is 25.6 Å². The van der Waals surface area contributed by atoms with E-state index in [4.69, 9.17) is 27.5 Å². The van der Waals surface area contributed by atoms with E-state index in [2.05, 4.69) is 11.2 Å². The van der Waals surface area contributed by atoms with Crippen molar-refractivity contribution in [1.82, 2.24) is 4.90 Å². The van der Waals surface area contributed by atoms with Crippen LogP contribution in [0, 0.1) is 18.2 Å². The predicted molar refractivity (Wildman–Crippen MR) is 120 cm³/mol. The van der Waals surface area contributed by atoms with Crippen molar-refractivity contribution in [2.45, 2.75) is 0 Å². The summed E-state index contributed by atoms with van der Waals surface area (Å²) in [4.78, 5) is 38.2. The van der Waals surface area contributed by atoms with Gasteiger partial charge in [0.25, 0.3) is 11.1 Å². The summed E-state index contributed by atoms with van der Waals surface area (Å²) in [5.74, 6) is 1.33. The number of hydrogen-bond acceptors (Lipinski definition) is 6. The predicted octanol–water partition coefficient (Wildman–Crippen LogP) is 4.17. The van der Waals surface area contributed by atoms with Crippen LogP contribution in [0.1, 0.15) is 5.56 Å². The number of hydrogen-bond donors (Lipinski definition) is 1. The maximum atomic E-state index is 13.2. The highest BCUT2D eigenvalue weighted by Crippen LogP contribution is 2.34. The summed E-state index contributed by atoms with van der Waals surface area (Å²) >= 11 is 6.40. The smallest absolute Gasteiger partial charge is 0.294 e. The fourth-order valence-corrected chi connectivity index (χ4v) is 3.74. The first-order valence-corrected chi connectivity index (χ1v) is 10.3. The van der Waals surface area contributed by atoms with E-state index in [-0.39, 0.29) is 22.2 Å². The molecule has 1 N–H and O–H groups in total. The number of terminal acetylenes is 1. The van der Waals surface area contributed by atoms with Gasteiger partial charge in [-0.15, -0.1) is 6.42 Å². The summed E-state index contributed by atoms with van der Waals surface area (Å²) < 4.78 is 23.9. The number of thioether (sulfide) groups is 1. The zero-order valence-corrected chi connectivity index (χ0v) is 18.3. The lowest BCUT2D eigenvalue weighted by Gasteiger charge is -2.12. The largest absolute Gasteiger partial charge is 0.493 e. The Morgan fingerprint density at radius 3 is 2.75 bits per heavy atom. The van der Waals surface area contributed by atoms with Crippen molar-refractivity contribution < 1.29 is 28.2 Å². The zero-order chi connectivity index (χ0) is 23.3. The molecular weight excluding hydrogens is 459 g/mol. The maximum absolute atomic E-state index is 13.2. The average molecular weight is 475 g/mol. The minimum atomic E-state index is -0.632. The Labute approximate surface area is 192 Å². The minimum absolute atomic E-state index is 0.0702. The molecule has 1 aliphatic heterocycles. The van der Waals surface area contributed by atoms with Crippen LogP contribution in [0.25, 0.3) is 6.08 Å². The quantitative estimate of drug-likeness (QED) is 0.479. The molecule has 0 bridgehead atoms. The summed E-state index contributed by atoms with van der Waals surface area (Å²) in [5.41, 5.74) is 0.828. The molecule has 0 radical (unpaired) electrons. The van der Waals surface area contributed by atoms with Crippen molar-refractivity contribution >= 4 is 52.2 Å². The monoisotopic (exact) mass is 474 g/mol. The van der Waals surface area contributed by atoms with Crippen LogP contribution in [0.4, 0.5) is 14.9 Å². The van der Waals surface area contributed by atoms with E-state index in [1.54, 1.807) is 18.2 Å². The molecule has 0 aromatic heterocycles. The molecule has 1 heterocycles. The van der Waals surface area contributed by atoms with Crippen molar-refractivity contribution in [1.29, 1.82) is 0 Å². The van der Waals surface area contributed by atoms with E-state index in [9.17, 15) is 18.8 Å². The van der Waals surface area contributed by atoms with Crippen molar-refractivity contribution in [3.63, 3.8) is 0 Å². The lowest BCUT2D eigenvalue weighted by Crippen LogP contribution is -2.36. The molecule has 0 saturated carbocycles. The number of carbonyl (C=O) groups is 3. The average Bonchev–Trinajstić information content (AvgIpc) is 3.02. The minimum Gasteiger partial charge on any atom is -0.493 e. The molecule has 0 aliphatic carbocycles. The molecule has 0 unspecified atom stereocenters. The van der Waals surface area contributed by atoms with E-state index in [0.29, 0.717) is 28.8 Å². The Balaban J connectivity index is 1.71. The maximum Gasteiger partial charge on any atom is 0.294 e. The lowest BCUT2D eigenvalue weighted by atomic mass is 10.2. The molecule has 164 valence electrons. The molecular formula is C22H16ClFN2O5S. The summed E-state index contributed by atoms with van der Waals surface area (Å²) in [6, 6.07) is 8.58. The first kappa shape index (κ1) is 23.2. The number of halogens is 2. The topological polar surface area (TPSA) is 84.9 Å². The van der Waals surface area contributed by atoms with Crippen molar-refractivity contribution in [2.24, 2.45) is 0 Å². The van der Waals surface area contributed by atoms with Crippen molar-refractivity contribution in [3.05, 3.63) is 57.7 Å². The Morgan fingerprint density at radius 1 is 1.28 bits per heavy atom. The van der Waals surface area contributed by atoms with Gasteiger partial charge in [0, 0.05) is 5.69 Å². The van der Waals surface area contributed by atoms with Gasteiger partial charge in [-0.25, -0.2) is 4.39 Å². The molecule has 1 aliphatic rings. The van der Waals surface area contributed by atoms with E-state index in [0.717, 1.165) is 11.0 Å². The van der Waals surface area contributed by atoms with Gasteiger partial charge in [0.05, 0.1) is 17.0 Å². The number of imide groups is 1. The van der Waals surface area contributed by atoms with E-state index >= 15 is 0 Å². The fourth-order valence-electron chi connectivity index (χ4n) is 2.72. The number of methoxy groups -OCH3 is 1. The lowest BCUT2D eigenvalue weighted by molar-refractivity contribution is -0.127. The first-order chi connectivity index (χ1) is 15.3. The third kappa shape index (κ3) is 5.41. The van der Waals surface area contributed by atoms with Crippen LogP contribution in [0.15, 0.2) is 41.3 Å². The second-order valence-electron chi connectivity index (χ2n) is 6.35. The molecule has 0 spiro atoms. The van der Waals surface area contributed by atoms with Gasteiger partial charge in [-0.2, -0.15) is 0 Å². The van der Waals surface area contributed by atoms with Crippen LogP contribution < -0.4 is 14.8 Å². The molecule has 3 rings (SSSR count). The number of amides is 3. The number of rotatable bonds is 7. The molecule has 7 nitrogen and oxygen atoms in total. The molecule has 3 amide bonds. The van der Waals surface area contributed by atoms with E-state index < -0.39 is 29.4 Å². The highest BCUT2D eigenvalue weighted by molar-refractivity contribution is 8.18. The molecule has 1 saturated heterocycles. The van der Waals surface area contributed by atoms with E-state index in [1.165, 1.54) is 25.3 Å². The van der Waals surface area contributed by atoms with Crippen molar-refractivity contribution in [3.8, 4) is 23.8 Å². The van der Waals surface area contributed by atoms with Gasteiger partial charge in [-0.3, -0.25) is 19.3 Å². The first-order valence-electron chi connectivity index (χ1n) is 9.07. The summed E-state index contributed by atoms with van der Waals surface area (Å²) in [6.45, 7) is -0.431. The number of nitrogens with zero attached hydrogens (tertiary/aromatic N) is 1. The van der Waals surface area contributed by atoms with Crippen LogP contribution in [-0.2, 0) is 9.59 Å². The third-order valence-corrected chi connectivity index (χ3v) is 5.37. The molecule has 32 heavy (non-hydrogen) atoms. The van der Waals surface area contributed by atoms with Crippen LogP contribution in [0.5, 0.6) is 11.5 Å². The zero-order valence-electron chi connectivity index (χ0n) is 16.7. The Morgan fingerprint density at radius 2 is 2.06 bits per heavy atom. The van der Waals surface area contributed by atoms with Gasteiger partial charge in [-0.05, 0) is 53.7 Å². The van der Waals surface area contributed by atoms with Gasteiger partial charge in [-0.1, -0.05) is 23.6 Å². The van der Waals surface area contributed by atoms with Gasteiger partial charge in [0.2, 0.25) is 5.91 Å². The standard InChI is InChI=1S/C22H16ClFN2O5S/c1-3-8-31-17-7-4-13(9-18(17)30-2)10-19-21(28)26(22(29)32-19)12-20(27)25-14-5-6-16(24)15(23)11-14/h1,4-7,9-11H,8,12H2,2H3,(H,25,27)/b19-10-. The molecule has 1 fully saturated rings. The molecule has 10 heteroatoms. The summed E-state index contributed by atoms with van der Waals surface area (Å²) in [6.07, 6.45) is 6.70. The number of anilines is 1. The van der Waals surface area contributed by atoms with Crippen LogP contribution in [-0.4, -0.2) is 42.2 Å². The SMILES string of the molecule is C#CCOc1ccc(/C=C2\SC(=O)N(CC(=O)Nc3ccc(F)c(Cl)c3)C2=O)cc1OC. The van der Waals surface area contributed by atoms with Crippen LogP contribution in [0.2, 0.25) is 5.02 Å².